The van der Waals surface area contributed by atoms with Crippen molar-refractivity contribution in [3.63, 3.8) is 0 Å². The summed E-state index contributed by atoms with van der Waals surface area (Å²) in [5.41, 5.74) is 3.51. The van der Waals surface area contributed by atoms with Gasteiger partial charge in [-0.05, 0) is 12.1 Å². The molecule has 18 heavy (non-hydrogen) atoms. The number of rotatable bonds is 2. The number of amides is 1. The van der Waals surface area contributed by atoms with Gasteiger partial charge in [-0.25, -0.2) is 0 Å². The number of primary amides is 1. The molecule has 1 aromatic carbocycles. The molecule has 0 aromatic heterocycles. The van der Waals surface area contributed by atoms with Crippen LogP contribution < -0.4 is 5.73 Å². The molecule has 98 valence electrons. The van der Waals surface area contributed by atoms with Gasteiger partial charge in [0.25, 0.3) is 0 Å². The minimum Gasteiger partial charge on any atom is -0.370 e. The van der Waals surface area contributed by atoms with Crippen LogP contribution in [0.15, 0.2) is 24.3 Å². The Balaban J connectivity index is 0.000000411. The third-order valence-electron chi connectivity index (χ3n) is 1.69. The Morgan fingerprint density at radius 3 is 2.22 bits per heavy atom. The van der Waals surface area contributed by atoms with Crippen LogP contribution in [0.25, 0.3) is 0 Å². The molecule has 0 aliphatic rings. The monoisotopic (exact) mass is 322 g/mol. The summed E-state index contributed by atoms with van der Waals surface area (Å²) in [6.45, 7) is 0. The van der Waals surface area contributed by atoms with Gasteiger partial charge in [-0.15, -0.1) is 0 Å². The van der Waals surface area contributed by atoms with Crippen LogP contribution >= 0.6 is 15.9 Å². The van der Waals surface area contributed by atoms with Crippen molar-refractivity contribution in [3.8, 4) is 6.07 Å². The second kappa shape index (κ2) is 7.71. The number of nitrogens with two attached hydrogens (primary N) is 1. The first-order chi connectivity index (χ1) is 8.32. The molecule has 0 spiro atoms. The van der Waals surface area contributed by atoms with Crippen LogP contribution in [0.4, 0.5) is 13.2 Å². The number of carbonyl (C=O) groups excluding carboxylic acids is 1. The lowest BCUT2D eigenvalue weighted by molar-refractivity contribution is -0.137. The van der Waals surface area contributed by atoms with E-state index in [9.17, 15) is 18.0 Å². The maximum Gasteiger partial charge on any atom is 0.417 e. The minimum absolute atomic E-state index is 0.258. The Morgan fingerprint density at radius 2 is 1.94 bits per heavy atom. The number of hydrogen-bond donors (Lipinski definition) is 1. The van der Waals surface area contributed by atoms with Crippen molar-refractivity contribution < 1.29 is 18.0 Å². The van der Waals surface area contributed by atoms with Crippen molar-refractivity contribution in [2.24, 2.45) is 5.73 Å². The second-order valence-corrected chi connectivity index (χ2v) is 3.85. The van der Waals surface area contributed by atoms with Crippen LogP contribution in [0.3, 0.4) is 0 Å². The van der Waals surface area contributed by atoms with Gasteiger partial charge < -0.3 is 5.73 Å². The van der Waals surface area contributed by atoms with E-state index in [2.05, 4.69) is 15.9 Å². The number of halogens is 4. The van der Waals surface area contributed by atoms with E-state index in [1.165, 1.54) is 18.2 Å². The molecule has 0 saturated carbocycles. The van der Waals surface area contributed by atoms with Gasteiger partial charge in [0.15, 0.2) is 0 Å². The standard InChI is InChI=1S/C8H4F3N.C3H6BrNO/c9-8(10,11)7-4-2-1-3-6(7)5-12;4-2-1-3(5)6/h1-4H;1-2H2,(H2,5,6). The molecule has 0 aliphatic carbocycles. The molecule has 0 atom stereocenters. The Labute approximate surface area is 111 Å². The zero-order valence-electron chi connectivity index (χ0n) is 9.17. The number of alkyl halides is 4. The van der Waals surface area contributed by atoms with Crippen LogP contribution in [0, 0.1) is 11.3 Å². The Bertz CT molecular complexity index is 441. The summed E-state index contributed by atoms with van der Waals surface area (Å²) in [5, 5.41) is 9.00. The summed E-state index contributed by atoms with van der Waals surface area (Å²) in [7, 11) is 0. The van der Waals surface area contributed by atoms with Crippen LogP contribution in [-0.4, -0.2) is 11.2 Å². The van der Waals surface area contributed by atoms with Gasteiger partial charge >= 0.3 is 6.18 Å². The van der Waals surface area contributed by atoms with E-state index in [0.29, 0.717) is 11.8 Å². The third kappa shape index (κ3) is 6.25. The molecule has 0 radical (unpaired) electrons. The zero-order valence-corrected chi connectivity index (χ0v) is 10.8. The molecule has 0 heterocycles. The Kier molecular flexibility index (Phi) is 7.05. The van der Waals surface area contributed by atoms with Crippen molar-refractivity contribution in [3.05, 3.63) is 35.4 Å². The summed E-state index contributed by atoms with van der Waals surface area (Å²) < 4.78 is 36.3. The van der Waals surface area contributed by atoms with Crippen LogP contribution in [0.2, 0.25) is 0 Å². The molecule has 0 bridgehead atoms. The Morgan fingerprint density at radius 1 is 1.39 bits per heavy atom. The van der Waals surface area contributed by atoms with E-state index in [1.807, 2.05) is 0 Å². The van der Waals surface area contributed by atoms with Crippen LogP contribution in [0.5, 0.6) is 0 Å². The van der Waals surface area contributed by atoms with Gasteiger partial charge in [-0.3, -0.25) is 4.79 Å². The van der Waals surface area contributed by atoms with Crippen molar-refractivity contribution in [2.45, 2.75) is 12.6 Å². The third-order valence-corrected chi connectivity index (χ3v) is 2.09. The predicted molar refractivity (Wildman–Crippen MR) is 63.8 cm³/mol. The maximum absolute atomic E-state index is 12.1. The van der Waals surface area contributed by atoms with Gasteiger partial charge in [-0.1, -0.05) is 28.1 Å². The predicted octanol–water partition coefficient (Wildman–Crippen LogP) is 2.83. The van der Waals surface area contributed by atoms with Crippen molar-refractivity contribution in [1.29, 1.82) is 5.26 Å². The lowest BCUT2D eigenvalue weighted by Crippen LogP contribution is -2.09. The molecule has 1 amide bonds. The average molecular weight is 323 g/mol. The molecule has 0 unspecified atom stereocenters. The highest BCUT2D eigenvalue weighted by molar-refractivity contribution is 9.09. The van der Waals surface area contributed by atoms with Crippen LogP contribution in [-0.2, 0) is 11.0 Å². The van der Waals surface area contributed by atoms with E-state index in [1.54, 1.807) is 0 Å². The van der Waals surface area contributed by atoms with E-state index in [0.717, 1.165) is 12.1 Å². The zero-order chi connectivity index (χ0) is 14.2. The molecule has 1 rings (SSSR count). The fourth-order valence-corrected chi connectivity index (χ4v) is 1.31. The number of nitriles is 1. The van der Waals surface area contributed by atoms with Crippen molar-refractivity contribution in [1.82, 2.24) is 0 Å². The Hall–Kier alpha value is -1.55. The highest BCUT2D eigenvalue weighted by atomic mass is 79.9. The molecular weight excluding hydrogens is 313 g/mol. The quantitative estimate of drug-likeness (QED) is 0.851. The number of nitrogens with zero attached hydrogens (tertiary/aromatic N) is 1. The van der Waals surface area contributed by atoms with E-state index >= 15 is 0 Å². The maximum atomic E-state index is 12.1. The molecule has 0 saturated heterocycles. The molecule has 2 N–H and O–H groups in total. The number of carbonyl (C=O) groups is 1. The highest BCUT2D eigenvalue weighted by Gasteiger charge is 2.32. The summed E-state index contributed by atoms with van der Waals surface area (Å²) >= 11 is 3.05. The van der Waals surface area contributed by atoms with E-state index in [4.69, 9.17) is 11.0 Å². The molecule has 0 aliphatic heterocycles. The summed E-state index contributed by atoms with van der Waals surface area (Å²) in [4.78, 5) is 9.79. The first-order valence-electron chi connectivity index (χ1n) is 4.73. The van der Waals surface area contributed by atoms with Gasteiger partial charge in [0.2, 0.25) is 5.91 Å². The molecule has 0 fully saturated rings. The van der Waals surface area contributed by atoms with E-state index < -0.39 is 11.7 Å². The topological polar surface area (TPSA) is 66.9 Å². The van der Waals surface area contributed by atoms with Gasteiger partial charge in [-0.2, -0.15) is 18.4 Å². The molecular formula is C11H10BrF3N2O. The summed E-state index contributed by atoms with van der Waals surface area (Å²) in [6.07, 6.45) is -4.01. The summed E-state index contributed by atoms with van der Waals surface area (Å²) in [5.74, 6) is -0.258. The van der Waals surface area contributed by atoms with Gasteiger partial charge in [0.1, 0.15) is 0 Å². The van der Waals surface area contributed by atoms with Crippen molar-refractivity contribution in [2.75, 3.05) is 5.33 Å². The fourth-order valence-electron chi connectivity index (χ4n) is 0.921. The smallest absolute Gasteiger partial charge is 0.370 e. The first-order valence-corrected chi connectivity index (χ1v) is 5.85. The average Bonchev–Trinajstić information content (AvgIpc) is 2.28. The van der Waals surface area contributed by atoms with Gasteiger partial charge in [0, 0.05) is 11.8 Å². The van der Waals surface area contributed by atoms with Crippen molar-refractivity contribution >= 4 is 21.8 Å². The fraction of sp³-hybridized carbons (Fsp3) is 0.273. The largest absolute Gasteiger partial charge is 0.417 e. The first kappa shape index (κ1) is 16.4. The lowest BCUT2D eigenvalue weighted by Gasteiger charge is -2.06. The molecule has 7 heteroatoms. The normalized spacial score (nSPS) is 9.94. The number of hydrogen-bond acceptors (Lipinski definition) is 2. The minimum atomic E-state index is -4.44. The highest BCUT2D eigenvalue weighted by Crippen LogP contribution is 2.31. The molecule has 1 aromatic rings. The lowest BCUT2D eigenvalue weighted by atomic mass is 10.1. The van der Waals surface area contributed by atoms with Gasteiger partial charge in [0.05, 0.1) is 17.2 Å². The van der Waals surface area contributed by atoms with E-state index in [-0.39, 0.29) is 11.5 Å². The second-order valence-electron chi connectivity index (χ2n) is 3.06. The van der Waals surface area contributed by atoms with Crippen LogP contribution in [0.1, 0.15) is 17.5 Å². The SMILES string of the molecule is N#Cc1ccccc1C(F)(F)F.NC(=O)CCBr. The summed E-state index contributed by atoms with van der Waals surface area (Å²) in [6, 6.07) is 6.16. The molecule has 3 nitrogen and oxygen atoms in total. The number of benzene rings is 1.